The zero-order valence-electron chi connectivity index (χ0n) is 11.1. The Hall–Kier alpha value is -1.86. The summed E-state index contributed by atoms with van der Waals surface area (Å²) in [5, 5.41) is 0. The first-order valence-corrected chi connectivity index (χ1v) is 6.22. The maximum Gasteiger partial charge on any atom is 0.132 e. The average molecular weight is 238 g/mol. The first-order valence-electron chi connectivity index (χ1n) is 6.22. The number of hydrogen-bond acceptors (Lipinski definition) is 0. The zero-order valence-corrected chi connectivity index (χ0v) is 11.1. The van der Waals surface area contributed by atoms with Crippen LogP contribution < -0.4 is 4.48 Å². The van der Waals surface area contributed by atoms with Gasteiger partial charge in [-0.15, -0.1) is 0 Å². The van der Waals surface area contributed by atoms with E-state index in [0.717, 1.165) is 11.0 Å². The number of benzene rings is 2. The summed E-state index contributed by atoms with van der Waals surface area (Å²) < 4.78 is 0.855. The molecule has 0 N–H and O–H groups in total. The summed E-state index contributed by atoms with van der Waals surface area (Å²) in [5.74, 6) is 0. The highest BCUT2D eigenvalue weighted by molar-refractivity contribution is 5.48. The lowest BCUT2D eigenvalue weighted by Crippen LogP contribution is -2.39. The van der Waals surface area contributed by atoms with E-state index in [9.17, 15) is 0 Å². The third-order valence-corrected chi connectivity index (χ3v) is 3.25. The smallest absolute Gasteiger partial charge is 0.132 e. The molecule has 92 valence electrons. The van der Waals surface area contributed by atoms with Gasteiger partial charge in [-0.1, -0.05) is 55.1 Å². The quantitative estimate of drug-likeness (QED) is 0.704. The summed E-state index contributed by atoms with van der Waals surface area (Å²) in [7, 11) is 4.47. The lowest BCUT2D eigenvalue weighted by molar-refractivity contribution is 0.392. The van der Waals surface area contributed by atoms with Crippen LogP contribution in [0.4, 0.5) is 5.69 Å². The number of nitrogens with zero attached hydrogens (tertiary/aromatic N) is 1. The predicted octanol–water partition coefficient (Wildman–Crippen LogP) is 4.10. The van der Waals surface area contributed by atoms with Crippen molar-refractivity contribution < 1.29 is 0 Å². The second-order valence-corrected chi connectivity index (χ2v) is 5.12. The molecule has 2 aromatic rings. The fourth-order valence-corrected chi connectivity index (χ4v) is 2.14. The van der Waals surface area contributed by atoms with Crippen molar-refractivity contribution in [2.24, 2.45) is 0 Å². The molecule has 1 heteroatoms. The van der Waals surface area contributed by atoms with Gasteiger partial charge in [0.2, 0.25) is 0 Å². The first-order chi connectivity index (χ1) is 8.62. The van der Waals surface area contributed by atoms with Gasteiger partial charge in [0.15, 0.2) is 0 Å². The Morgan fingerprint density at radius 3 is 2.11 bits per heavy atom. The number of rotatable bonds is 4. The second-order valence-electron chi connectivity index (χ2n) is 5.12. The van der Waals surface area contributed by atoms with E-state index in [4.69, 9.17) is 0 Å². The third-order valence-electron chi connectivity index (χ3n) is 3.25. The van der Waals surface area contributed by atoms with Crippen molar-refractivity contribution in [3.8, 4) is 0 Å². The fourth-order valence-electron chi connectivity index (χ4n) is 2.14. The van der Waals surface area contributed by atoms with Crippen LogP contribution in [0.15, 0.2) is 61.2 Å². The van der Waals surface area contributed by atoms with Crippen LogP contribution in [-0.2, 0) is 6.54 Å². The summed E-state index contributed by atoms with van der Waals surface area (Å²) in [6.45, 7) is 4.77. The maximum atomic E-state index is 3.78. The summed E-state index contributed by atoms with van der Waals surface area (Å²) in [6, 6.07) is 19.2. The van der Waals surface area contributed by atoms with Gasteiger partial charge in [0.25, 0.3) is 0 Å². The Morgan fingerprint density at radius 1 is 0.944 bits per heavy atom. The van der Waals surface area contributed by atoms with Crippen LogP contribution in [0.5, 0.6) is 0 Å². The lowest BCUT2D eigenvalue weighted by atomic mass is 10.1. The molecule has 0 aliphatic heterocycles. The molecule has 0 fully saturated rings. The molecule has 0 spiro atoms. The topological polar surface area (TPSA) is 0 Å². The van der Waals surface area contributed by atoms with Crippen molar-refractivity contribution in [2.45, 2.75) is 6.54 Å². The van der Waals surface area contributed by atoms with Gasteiger partial charge in [0, 0.05) is 5.56 Å². The van der Waals surface area contributed by atoms with Crippen molar-refractivity contribution in [2.75, 3.05) is 14.1 Å². The molecular formula is C17H20N+. The molecule has 2 rings (SSSR count). The standard InChI is InChI=1S/C17H20N/c1-4-15-10-12-16(13-11-15)14-18(2,3)17-8-6-5-7-9-17/h4-13H,1,14H2,2-3H3/q+1. The largest absolute Gasteiger partial charge is 0.292 e. The van der Waals surface area contributed by atoms with E-state index in [0.29, 0.717) is 0 Å². The molecule has 0 heterocycles. The number of para-hydroxylation sites is 1. The van der Waals surface area contributed by atoms with Crippen LogP contribution in [0.3, 0.4) is 0 Å². The molecule has 1 nitrogen and oxygen atoms in total. The van der Waals surface area contributed by atoms with Gasteiger partial charge < -0.3 is 0 Å². The Labute approximate surface area is 110 Å². The minimum atomic E-state index is 0.855. The van der Waals surface area contributed by atoms with Crippen LogP contribution in [-0.4, -0.2) is 14.1 Å². The van der Waals surface area contributed by atoms with E-state index in [1.54, 1.807) is 0 Å². The molecular weight excluding hydrogens is 218 g/mol. The Morgan fingerprint density at radius 2 is 1.56 bits per heavy atom. The van der Waals surface area contributed by atoms with Gasteiger partial charge in [-0.25, -0.2) is 0 Å². The van der Waals surface area contributed by atoms with Crippen LogP contribution in [0.2, 0.25) is 0 Å². The van der Waals surface area contributed by atoms with Crippen LogP contribution in [0, 0.1) is 0 Å². The normalized spacial score (nSPS) is 11.2. The average Bonchev–Trinajstić information content (AvgIpc) is 2.40. The van der Waals surface area contributed by atoms with Crippen molar-refractivity contribution in [1.82, 2.24) is 4.48 Å². The van der Waals surface area contributed by atoms with Crippen LogP contribution >= 0.6 is 0 Å². The summed E-state index contributed by atoms with van der Waals surface area (Å²) >= 11 is 0. The number of hydrogen-bond donors (Lipinski definition) is 0. The van der Waals surface area contributed by atoms with Gasteiger partial charge in [-0.3, -0.25) is 4.48 Å². The summed E-state index contributed by atoms with van der Waals surface area (Å²) in [6.07, 6.45) is 1.88. The Balaban J connectivity index is 2.19. The van der Waals surface area contributed by atoms with E-state index in [1.807, 2.05) is 6.08 Å². The summed E-state index contributed by atoms with van der Waals surface area (Å²) in [5.41, 5.74) is 3.84. The molecule has 18 heavy (non-hydrogen) atoms. The number of quaternary nitrogens is 1. The SMILES string of the molecule is C=Cc1ccc(C[N+](C)(C)c2ccccc2)cc1. The molecule has 0 aliphatic rings. The molecule has 2 aromatic carbocycles. The lowest BCUT2D eigenvalue weighted by Gasteiger charge is -2.29. The van der Waals surface area contributed by atoms with Gasteiger partial charge in [0.05, 0.1) is 14.1 Å². The van der Waals surface area contributed by atoms with Gasteiger partial charge in [-0.2, -0.15) is 0 Å². The van der Waals surface area contributed by atoms with E-state index in [-0.39, 0.29) is 0 Å². The van der Waals surface area contributed by atoms with E-state index >= 15 is 0 Å². The highest BCUT2D eigenvalue weighted by Crippen LogP contribution is 2.21. The molecule has 0 amide bonds. The van der Waals surface area contributed by atoms with Gasteiger partial charge in [0.1, 0.15) is 12.2 Å². The minimum absolute atomic E-state index is 0.855. The molecule has 0 unspecified atom stereocenters. The molecule has 0 saturated carbocycles. The Kier molecular flexibility index (Phi) is 3.63. The molecule has 0 aromatic heterocycles. The molecule has 0 atom stereocenters. The van der Waals surface area contributed by atoms with E-state index in [2.05, 4.69) is 75.3 Å². The molecule has 0 bridgehead atoms. The van der Waals surface area contributed by atoms with Gasteiger partial charge in [-0.05, 0) is 17.7 Å². The van der Waals surface area contributed by atoms with Gasteiger partial charge >= 0.3 is 0 Å². The van der Waals surface area contributed by atoms with Crippen LogP contribution in [0.1, 0.15) is 11.1 Å². The fraction of sp³-hybridized carbons (Fsp3) is 0.176. The minimum Gasteiger partial charge on any atom is -0.292 e. The Bertz CT molecular complexity index is 509. The maximum absolute atomic E-state index is 3.78. The van der Waals surface area contributed by atoms with Crippen molar-refractivity contribution in [3.63, 3.8) is 0 Å². The highest BCUT2D eigenvalue weighted by Gasteiger charge is 2.18. The van der Waals surface area contributed by atoms with E-state index in [1.165, 1.54) is 16.8 Å². The highest BCUT2D eigenvalue weighted by atomic mass is 15.3. The predicted molar refractivity (Wildman–Crippen MR) is 80.3 cm³/mol. The van der Waals surface area contributed by atoms with Crippen molar-refractivity contribution >= 4 is 11.8 Å². The third kappa shape index (κ3) is 2.88. The van der Waals surface area contributed by atoms with Crippen molar-refractivity contribution in [1.29, 1.82) is 0 Å². The molecule has 0 aliphatic carbocycles. The monoisotopic (exact) mass is 238 g/mol. The van der Waals surface area contributed by atoms with E-state index < -0.39 is 0 Å². The first kappa shape index (κ1) is 12.6. The van der Waals surface area contributed by atoms with Crippen molar-refractivity contribution in [3.05, 3.63) is 72.3 Å². The van der Waals surface area contributed by atoms with Crippen LogP contribution in [0.25, 0.3) is 6.08 Å². The second kappa shape index (κ2) is 5.19. The molecule has 0 saturated heterocycles. The molecule has 0 radical (unpaired) electrons. The summed E-state index contributed by atoms with van der Waals surface area (Å²) in [4.78, 5) is 0. The zero-order chi connectivity index (χ0) is 13.0.